The van der Waals surface area contributed by atoms with Crippen molar-refractivity contribution >= 4 is 117 Å². The summed E-state index contributed by atoms with van der Waals surface area (Å²) in [7, 11) is 0. The van der Waals surface area contributed by atoms with Crippen molar-refractivity contribution in [1.82, 2.24) is 4.57 Å². The summed E-state index contributed by atoms with van der Waals surface area (Å²) in [6.45, 7) is 0. The molecule has 3 heterocycles. The van der Waals surface area contributed by atoms with Gasteiger partial charge in [0.25, 0.3) is 0 Å². The number of cyclic esters (lactones) is 3. The fraction of sp³-hybridized carbons (Fsp3) is 0.0152. The van der Waals surface area contributed by atoms with E-state index >= 15 is 0 Å². The highest BCUT2D eigenvalue weighted by Gasteiger charge is 2.35. The first kappa shape index (κ1) is 42.6. The molecule has 9 heteroatoms. The first-order chi connectivity index (χ1) is 36.9. The molecule has 15 rings (SSSR count). The number of para-hydroxylation sites is 4. The number of hydrogen-bond donors (Lipinski definition) is 1. The molecule has 1 N–H and O–H groups in total. The smallest absolute Gasteiger partial charge is 0.346 e. The monoisotopic (exact) mass is 969 g/mol. The molecular formula is C66H39N3O6. The molecule has 0 saturated carbocycles. The van der Waals surface area contributed by atoms with Gasteiger partial charge in [-0.2, -0.15) is 0 Å². The highest BCUT2D eigenvalue weighted by molar-refractivity contribution is 6.39. The minimum absolute atomic E-state index is 0.320. The maximum Gasteiger partial charge on any atom is 0.346 e. The van der Waals surface area contributed by atoms with Crippen LogP contribution in [0.25, 0.3) is 81.7 Å². The fourth-order valence-electron chi connectivity index (χ4n) is 11.9. The van der Waals surface area contributed by atoms with Gasteiger partial charge in [-0.05, 0) is 165 Å². The first-order valence-corrected chi connectivity index (χ1v) is 24.8. The zero-order valence-electron chi connectivity index (χ0n) is 39.8. The van der Waals surface area contributed by atoms with Crippen LogP contribution in [-0.2, 0) is 9.47 Å². The van der Waals surface area contributed by atoms with Crippen LogP contribution in [0.2, 0.25) is 0 Å². The standard InChI is InChI=1S/C66H39N3O6/c70-63-49-30-27-46-47-28-32-51-61-59(47)55(48-29-31-50(64(71)74-63)60(49)58(46)48)37-52(62(61)66(73)75-65(51)72)38-21-23-43(24-22-38)69-56-33-25-44(67(39-13-5-1-6-14-39)40-15-7-2-8-16-40)35-53(56)54-36-45(26-34-57(54)69)68(41-17-9-3-10-18-41)42-19-11-4-12-20-42/h1-37,66,73H. The number of benzene rings is 12. The van der Waals surface area contributed by atoms with Gasteiger partial charge >= 0.3 is 17.9 Å². The Labute approximate surface area is 428 Å². The Morgan fingerprint density at radius 1 is 0.360 bits per heavy atom. The summed E-state index contributed by atoms with van der Waals surface area (Å²) in [6, 6.07) is 76.1. The second-order valence-electron chi connectivity index (χ2n) is 19.1. The number of esters is 3. The van der Waals surface area contributed by atoms with Crippen molar-refractivity contribution in [2.24, 2.45) is 0 Å². The summed E-state index contributed by atoms with van der Waals surface area (Å²) in [5.74, 6) is -2.00. The lowest BCUT2D eigenvalue weighted by molar-refractivity contribution is -0.0682. The zero-order chi connectivity index (χ0) is 50.1. The molecule has 0 amide bonds. The van der Waals surface area contributed by atoms with E-state index in [0.717, 1.165) is 99.5 Å². The summed E-state index contributed by atoms with van der Waals surface area (Å²) in [5.41, 5.74) is 12.1. The number of aliphatic hydroxyl groups excluding tert-OH is 1. The van der Waals surface area contributed by atoms with Crippen LogP contribution in [0.3, 0.4) is 0 Å². The minimum Gasteiger partial charge on any atom is -0.428 e. The number of aliphatic hydroxyl groups is 1. The lowest BCUT2D eigenvalue weighted by atomic mass is 9.81. The second-order valence-corrected chi connectivity index (χ2v) is 19.1. The molecule has 1 atom stereocenters. The van der Waals surface area contributed by atoms with Crippen molar-refractivity contribution in [3.8, 4) is 16.8 Å². The Morgan fingerprint density at radius 3 is 1.25 bits per heavy atom. The highest BCUT2D eigenvalue weighted by atomic mass is 16.6. The van der Waals surface area contributed by atoms with E-state index in [1.165, 1.54) is 0 Å². The molecule has 354 valence electrons. The van der Waals surface area contributed by atoms with Gasteiger partial charge in [0.05, 0.1) is 27.7 Å². The number of carbonyl (C=O) groups is 3. The van der Waals surface area contributed by atoms with Crippen LogP contribution in [0.5, 0.6) is 0 Å². The molecule has 2 aliphatic rings. The second kappa shape index (κ2) is 16.2. The number of rotatable bonds is 8. The number of anilines is 6. The first-order valence-electron chi connectivity index (χ1n) is 24.8. The van der Waals surface area contributed by atoms with Gasteiger partial charge in [0.15, 0.2) is 0 Å². The molecular weight excluding hydrogens is 931 g/mol. The summed E-state index contributed by atoms with van der Waals surface area (Å²) in [4.78, 5) is 44.4. The Balaban J connectivity index is 0.947. The number of aromatic nitrogens is 1. The minimum atomic E-state index is -1.54. The van der Waals surface area contributed by atoms with E-state index in [9.17, 15) is 19.5 Å². The molecule has 1 aromatic heterocycles. The summed E-state index contributed by atoms with van der Waals surface area (Å²) < 4.78 is 13.1. The number of ether oxygens (including phenoxy) is 2. The summed E-state index contributed by atoms with van der Waals surface area (Å²) >= 11 is 0. The van der Waals surface area contributed by atoms with Crippen LogP contribution < -0.4 is 9.80 Å². The Hall–Kier alpha value is -10.1. The van der Waals surface area contributed by atoms with Crippen molar-refractivity contribution in [2.75, 3.05) is 9.80 Å². The molecule has 0 fully saturated rings. The van der Waals surface area contributed by atoms with Crippen LogP contribution in [0.4, 0.5) is 34.1 Å². The van der Waals surface area contributed by atoms with E-state index in [-0.39, 0.29) is 0 Å². The number of nitrogens with zero attached hydrogens (tertiary/aromatic N) is 3. The van der Waals surface area contributed by atoms with Crippen LogP contribution in [-0.4, -0.2) is 27.6 Å². The Bertz CT molecular complexity index is 4300. The predicted molar refractivity (Wildman–Crippen MR) is 297 cm³/mol. The van der Waals surface area contributed by atoms with Crippen molar-refractivity contribution in [2.45, 2.75) is 6.29 Å². The molecule has 1 unspecified atom stereocenters. The lowest BCUT2D eigenvalue weighted by Gasteiger charge is -2.28. The third-order valence-corrected chi connectivity index (χ3v) is 15.1. The van der Waals surface area contributed by atoms with Crippen molar-refractivity contribution < 1.29 is 29.0 Å². The van der Waals surface area contributed by atoms with E-state index in [1.54, 1.807) is 18.2 Å². The van der Waals surface area contributed by atoms with Gasteiger partial charge in [0.2, 0.25) is 6.29 Å². The van der Waals surface area contributed by atoms with E-state index < -0.39 is 24.2 Å². The summed E-state index contributed by atoms with van der Waals surface area (Å²) in [5, 5.41) is 19.9. The average Bonchev–Trinajstić information content (AvgIpc) is 3.79. The van der Waals surface area contributed by atoms with Crippen LogP contribution >= 0.6 is 0 Å². The van der Waals surface area contributed by atoms with Crippen LogP contribution in [0.15, 0.2) is 224 Å². The molecule has 75 heavy (non-hydrogen) atoms. The topological polar surface area (TPSA) is 101 Å². The van der Waals surface area contributed by atoms with Gasteiger partial charge in [-0.3, -0.25) is 0 Å². The summed E-state index contributed by atoms with van der Waals surface area (Å²) in [6.07, 6.45) is -1.54. The van der Waals surface area contributed by atoms with Crippen molar-refractivity contribution in [3.63, 3.8) is 0 Å². The number of hydrogen-bond acceptors (Lipinski definition) is 8. The molecule has 0 bridgehead atoms. The Morgan fingerprint density at radius 2 is 0.787 bits per heavy atom. The number of fused-ring (bicyclic) bond motifs is 5. The van der Waals surface area contributed by atoms with E-state index in [2.05, 4.69) is 160 Å². The van der Waals surface area contributed by atoms with Crippen molar-refractivity contribution in [3.05, 3.63) is 247 Å². The molecule has 12 aromatic carbocycles. The zero-order valence-corrected chi connectivity index (χ0v) is 39.8. The molecule has 9 nitrogen and oxygen atoms in total. The lowest BCUT2D eigenvalue weighted by Crippen LogP contribution is -2.20. The fourth-order valence-corrected chi connectivity index (χ4v) is 11.9. The quantitative estimate of drug-likeness (QED) is 0.0695. The van der Waals surface area contributed by atoms with E-state index in [1.807, 2.05) is 60.7 Å². The largest absolute Gasteiger partial charge is 0.428 e. The molecule has 0 saturated heterocycles. The number of carbonyl (C=O) groups excluding carboxylic acids is 3. The molecule has 13 aromatic rings. The molecule has 0 spiro atoms. The van der Waals surface area contributed by atoms with E-state index in [4.69, 9.17) is 9.47 Å². The SMILES string of the molecule is O=C1OC(=O)c2ccc3c4cc(-c5ccc(-n6c7ccc(N(c8ccccc8)c8ccccc8)cc7c7cc(N(c8ccccc8)c8ccccc8)ccc76)cc5)c5c6c(ccc(c7ccc1c2c73)c64)C(=O)OC5O. The third-order valence-electron chi connectivity index (χ3n) is 15.1. The van der Waals surface area contributed by atoms with Gasteiger partial charge in [-0.15, -0.1) is 0 Å². The molecule has 0 radical (unpaired) electrons. The van der Waals surface area contributed by atoms with Gasteiger partial charge in [0, 0.05) is 66.9 Å². The van der Waals surface area contributed by atoms with Gasteiger partial charge < -0.3 is 28.9 Å². The normalized spacial score (nSPS) is 14.1. The van der Waals surface area contributed by atoms with Crippen LogP contribution in [0, 0.1) is 0 Å². The maximum atomic E-state index is 13.6. The highest BCUT2D eigenvalue weighted by Crippen LogP contribution is 2.51. The third kappa shape index (κ3) is 6.32. The average molecular weight is 970 g/mol. The maximum absolute atomic E-state index is 13.6. The predicted octanol–water partition coefficient (Wildman–Crippen LogP) is 15.9. The van der Waals surface area contributed by atoms with Gasteiger partial charge in [-0.1, -0.05) is 103 Å². The molecule has 0 aliphatic carbocycles. The van der Waals surface area contributed by atoms with Gasteiger partial charge in [-0.25, -0.2) is 14.4 Å². The van der Waals surface area contributed by atoms with Gasteiger partial charge in [0.1, 0.15) is 0 Å². The Kier molecular flexibility index (Phi) is 9.20. The van der Waals surface area contributed by atoms with E-state index in [0.29, 0.717) is 38.6 Å². The molecule has 2 aliphatic heterocycles. The van der Waals surface area contributed by atoms with Crippen LogP contribution in [0.1, 0.15) is 42.9 Å². The van der Waals surface area contributed by atoms with Crippen molar-refractivity contribution in [1.29, 1.82) is 0 Å².